The fourth-order valence-corrected chi connectivity index (χ4v) is 3.04. The summed E-state index contributed by atoms with van der Waals surface area (Å²) in [5, 5.41) is 5.54. The predicted molar refractivity (Wildman–Crippen MR) is 66.1 cm³/mol. The quantitative estimate of drug-likeness (QED) is 0.369. The van der Waals surface area contributed by atoms with Crippen molar-refractivity contribution in [2.24, 2.45) is 0 Å². The summed E-state index contributed by atoms with van der Waals surface area (Å²) >= 11 is 0. The van der Waals surface area contributed by atoms with Crippen LogP contribution in [0.4, 0.5) is 0 Å². The first-order chi connectivity index (χ1) is 8.17. The molecule has 6 N–H and O–H groups in total. The molecule has 8 nitrogen and oxygen atoms in total. The molecule has 0 amide bonds. The Morgan fingerprint density at radius 2 is 1.17 bits per heavy atom. The van der Waals surface area contributed by atoms with Crippen LogP contribution in [-0.2, 0) is 9.13 Å². The highest BCUT2D eigenvalue weighted by molar-refractivity contribution is 7.51. The van der Waals surface area contributed by atoms with Gasteiger partial charge in [0.2, 0.25) is 0 Å². The number of hydrogen-bond donors (Lipinski definition) is 6. The number of hydrogen-bond acceptors (Lipinski definition) is 4. The van der Waals surface area contributed by atoms with E-state index in [0.29, 0.717) is 0 Å². The van der Waals surface area contributed by atoms with Gasteiger partial charge in [0.1, 0.15) is 0 Å². The average Bonchev–Trinajstić information content (AvgIpc) is 2.22. The van der Waals surface area contributed by atoms with E-state index < -0.39 is 27.8 Å². The van der Waals surface area contributed by atoms with Crippen LogP contribution in [0.1, 0.15) is 25.7 Å². The molecule has 10 heteroatoms. The van der Waals surface area contributed by atoms with Gasteiger partial charge in [-0.3, -0.25) is 9.13 Å². The van der Waals surface area contributed by atoms with Crippen molar-refractivity contribution in [2.75, 3.05) is 12.6 Å². The van der Waals surface area contributed by atoms with E-state index in [-0.39, 0.29) is 12.1 Å². The van der Waals surface area contributed by atoms with E-state index in [2.05, 4.69) is 10.6 Å². The molecule has 0 aromatic rings. The molecule has 108 valence electrons. The fourth-order valence-electron chi connectivity index (χ4n) is 2.09. The molecule has 0 aliphatic heterocycles. The largest absolute Gasteiger partial charge is 0.339 e. The van der Waals surface area contributed by atoms with Crippen LogP contribution >= 0.6 is 15.2 Å². The Kier molecular flexibility index (Phi) is 5.96. The van der Waals surface area contributed by atoms with Crippen LogP contribution in [0.2, 0.25) is 0 Å². The maximum Gasteiger partial charge on any atom is 0.339 e. The lowest BCUT2D eigenvalue weighted by Gasteiger charge is -2.33. The Morgan fingerprint density at radius 3 is 1.44 bits per heavy atom. The summed E-state index contributed by atoms with van der Waals surface area (Å²) in [4.78, 5) is 35.2. The summed E-state index contributed by atoms with van der Waals surface area (Å²) in [6, 6.07) is -0.337. The van der Waals surface area contributed by atoms with Crippen LogP contribution in [0.5, 0.6) is 0 Å². The molecule has 0 radical (unpaired) electrons. The first-order valence-corrected chi connectivity index (χ1v) is 9.33. The molecule has 1 aliphatic rings. The smallest absolute Gasteiger partial charge is 0.324 e. The van der Waals surface area contributed by atoms with Gasteiger partial charge in [-0.2, -0.15) is 0 Å². The minimum atomic E-state index is -4.10. The minimum Gasteiger partial charge on any atom is -0.324 e. The fraction of sp³-hybridized carbons (Fsp3) is 1.00. The van der Waals surface area contributed by atoms with Crippen molar-refractivity contribution in [3.63, 3.8) is 0 Å². The van der Waals surface area contributed by atoms with Gasteiger partial charge in [-0.15, -0.1) is 0 Å². The van der Waals surface area contributed by atoms with Crippen molar-refractivity contribution >= 4 is 15.2 Å². The molecule has 0 spiro atoms. The van der Waals surface area contributed by atoms with Gasteiger partial charge in [0.25, 0.3) is 0 Å². The molecule has 0 bridgehead atoms. The second-order valence-electron chi connectivity index (χ2n) is 4.55. The zero-order chi connectivity index (χ0) is 13.8. The highest BCUT2D eigenvalue weighted by Gasteiger charge is 2.28. The molecule has 18 heavy (non-hydrogen) atoms. The Labute approximate surface area is 105 Å². The molecule has 1 fully saturated rings. The van der Waals surface area contributed by atoms with E-state index >= 15 is 0 Å². The van der Waals surface area contributed by atoms with Gasteiger partial charge < -0.3 is 30.2 Å². The summed E-state index contributed by atoms with van der Waals surface area (Å²) in [6.07, 6.45) is 2.52. The Balaban J connectivity index is 2.47. The average molecular weight is 302 g/mol. The van der Waals surface area contributed by atoms with Crippen LogP contribution in [0.3, 0.4) is 0 Å². The van der Waals surface area contributed by atoms with Crippen LogP contribution in [0, 0.1) is 0 Å². The molecular formula is C8H20N2O6P2. The first-order valence-electron chi connectivity index (χ1n) is 5.73. The summed E-state index contributed by atoms with van der Waals surface area (Å²) in [5.41, 5.74) is 0. The van der Waals surface area contributed by atoms with Crippen LogP contribution < -0.4 is 10.6 Å². The monoisotopic (exact) mass is 302 g/mol. The number of nitrogens with one attached hydrogen (secondary N) is 2. The third-order valence-electron chi connectivity index (χ3n) is 2.88. The zero-order valence-corrected chi connectivity index (χ0v) is 11.7. The van der Waals surface area contributed by atoms with Gasteiger partial charge in [0, 0.05) is 12.1 Å². The van der Waals surface area contributed by atoms with E-state index in [9.17, 15) is 9.13 Å². The highest BCUT2D eigenvalue weighted by atomic mass is 31.2. The molecule has 0 saturated heterocycles. The third kappa shape index (κ3) is 6.97. The molecule has 1 saturated carbocycles. The molecule has 0 unspecified atom stereocenters. The van der Waals surface area contributed by atoms with Gasteiger partial charge in [-0.25, -0.2) is 0 Å². The van der Waals surface area contributed by atoms with Crippen molar-refractivity contribution in [3.8, 4) is 0 Å². The van der Waals surface area contributed by atoms with E-state index in [0.717, 1.165) is 25.7 Å². The van der Waals surface area contributed by atoms with Gasteiger partial charge >= 0.3 is 15.2 Å². The molecule has 0 aromatic carbocycles. The summed E-state index contributed by atoms with van der Waals surface area (Å²) < 4.78 is 21.6. The van der Waals surface area contributed by atoms with Gasteiger partial charge in [0.05, 0.1) is 12.6 Å². The maximum absolute atomic E-state index is 10.8. The predicted octanol–water partition coefficient (Wildman–Crippen LogP) is -0.253. The van der Waals surface area contributed by atoms with Crippen molar-refractivity contribution in [2.45, 2.75) is 37.8 Å². The second kappa shape index (κ2) is 6.59. The Morgan fingerprint density at radius 1 is 0.833 bits per heavy atom. The van der Waals surface area contributed by atoms with Crippen molar-refractivity contribution in [1.29, 1.82) is 0 Å². The summed E-state index contributed by atoms with van der Waals surface area (Å²) in [7, 11) is -8.21. The molecule has 1 rings (SSSR count). The molecular weight excluding hydrogens is 282 g/mol. The zero-order valence-electron chi connectivity index (χ0n) is 9.90. The van der Waals surface area contributed by atoms with E-state index in [1.165, 1.54) is 0 Å². The van der Waals surface area contributed by atoms with E-state index in [1.54, 1.807) is 0 Å². The summed E-state index contributed by atoms with van der Waals surface area (Å²) in [5.74, 6) is 0. The van der Waals surface area contributed by atoms with Crippen molar-refractivity contribution in [3.05, 3.63) is 0 Å². The Hall–Kier alpha value is 0.220. The van der Waals surface area contributed by atoms with Crippen LogP contribution in [0.15, 0.2) is 0 Å². The van der Waals surface area contributed by atoms with Crippen molar-refractivity contribution in [1.82, 2.24) is 10.6 Å². The Bertz CT molecular complexity index is 319. The topological polar surface area (TPSA) is 139 Å². The van der Waals surface area contributed by atoms with E-state index in [4.69, 9.17) is 19.6 Å². The second-order valence-corrected chi connectivity index (χ2v) is 7.84. The molecule has 1 aliphatic carbocycles. The van der Waals surface area contributed by atoms with Crippen LogP contribution in [-0.4, -0.2) is 44.2 Å². The standard InChI is InChI=1S/C8H20N2O6P2/c11-17(12,13)5-9-7-3-1-2-4-8(7)10-6-18(14,15)16/h7-10H,1-6H2,(H2,11,12,13)(H2,14,15,16)/t7-,8-/m1/s1. The normalized spacial score (nSPS) is 26.2. The SMILES string of the molecule is O=P(O)(O)CN[C@@H]1CCCC[C@H]1NCP(=O)(O)O. The van der Waals surface area contributed by atoms with Gasteiger partial charge in [-0.05, 0) is 12.8 Å². The number of rotatable bonds is 6. The van der Waals surface area contributed by atoms with Crippen molar-refractivity contribution < 1.29 is 28.7 Å². The minimum absolute atomic E-state index is 0.169. The third-order valence-corrected chi connectivity index (χ3v) is 4.07. The molecule has 0 aromatic heterocycles. The first kappa shape index (κ1) is 16.3. The maximum atomic E-state index is 10.8. The van der Waals surface area contributed by atoms with Gasteiger partial charge in [0.15, 0.2) is 0 Å². The van der Waals surface area contributed by atoms with E-state index in [1.807, 2.05) is 0 Å². The lowest BCUT2D eigenvalue weighted by molar-refractivity contribution is 0.283. The lowest BCUT2D eigenvalue weighted by Crippen LogP contribution is -2.50. The molecule has 2 atom stereocenters. The van der Waals surface area contributed by atoms with Gasteiger partial charge in [-0.1, -0.05) is 12.8 Å². The van der Waals surface area contributed by atoms with Crippen LogP contribution in [0.25, 0.3) is 0 Å². The highest BCUT2D eigenvalue weighted by Crippen LogP contribution is 2.34. The summed E-state index contributed by atoms with van der Waals surface area (Å²) in [6.45, 7) is 0. The lowest BCUT2D eigenvalue weighted by atomic mass is 9.91. The molecule has 0 heterocycles.